The van der Waals surface area contributed by atoms with Gasteiger partial charge >= 0.3 is 6.09 Å². The maximum absolute atomic E-state index is 12.0. The average molecular weight is 327 g/mol. The van der Waals surface area contributed by atoms with Crippen LogP contribution in [-0.4, -0.2) is 32.4 Å². The van der Waals surface area contributed by atoms with Gasteiger partial charge in [0.15, 0.2) is 9.84 Å². The number of rotatable bonds is 6. The van der Waals surface area contributed by atoms with Crippen LogP contribution in [0.2, 0.25) is 0 Å². The molecule has 0 saturated carbocycles. The molecule has 0 aliphatic rings. The Balaban J connectivity index is 2.34. The summed E-state index contributed by atoms with van der Waals surface area (Å²) in [6, 6.07) is 7.45. The van der Waals surface area contributed by atoms with Crippen LogP contribution in [0.1, 0.15) is 38.3 Å². The normalized spacial score (nSPS) is 12.0. The Morgan fingerprint density at radius 1 is 1.18 bits per heavy atom. The van der Waals surface area contributed by atoms with Gasteiger partial charge < -0.3 is 10.1 Å². The van der Waals surface area contributed by atoms with E-state index in [0.29, 0.717) is 6.42 Å². The number of sulfone groups is 1. The fourth-order valence-corrected chi connectivity index (χ4v) is 3.24. The van der Waals surface area contributed by atoms with E-state index in [4.69, 9.17) is 4.74 Å². The number of nitrogens with one attached hydrogen (secondary N) is 1. The van der Waals surface area contributed by atoms with Gasteiger partial charge in [-0.1, -0.05) is 29.8 Å². The van der Waals surface area contributed by atoms with Gasteiger partial charge in [-0.15, -0.1) is 0 Å². The molecule has 0 unspecified atom stereocenters. The van der Waals surface area contributed by atoms with Crippen molar-refractivity contribution in [2.75, 3.05) is 12.3 Å². The summed E-state index contributed by atoms with van der Waals surface area (Å²) < 4.78 is 29.1. The van der Waals surface area contributed by atoms with Crippen molar-refractivity contribution in [2.45, 2.75) is 45.5 Å². The van der Waals surface area contributed by atoms with E-state index in [0.717, 1.165) is 11.1 Å². The number of alkyl carbamates (subject to hydrolysis) is 1. The van der Waals surface area contributed by atoms with Crippen molar-refractivity contribution < 1.29 is 17.9 Å². The summed E-state index contributed by atoms with van der Waals surface area (Å²) in [7, 11) is -3.17. The van der Waals surface area contributed by atoms with Crippen molar-refractivity contribution in [3.05, 3.63) is 35.4 Å². The first kappa shape index (κ1) is 18.5. The van der Waals surface area contributed by atoms with Crippen molar-refractivity contribution in [1.82, 2.24) is 5.32 Å². The van der Waals surface area contributed by atoms with E-state index < -0.39 is 21.5 Å². The standard InChI is InChI=1S/C16H25NO4S/c1-13-6-8-14(9-7-13)12-22(19,20)11-5-10-17-15(18)21-16(2,3)4/h6-9H,5,10-12H2,1-4H3,(H,17,18). The molecule has 6 heteroatoms. The molecule has 0 aliphatic heterocycles. The SMILES string of the molecule is Cc1ccc(CS(=O)(=O)CCCNC(=O)OC(C)(C)C)cc1. The summed E-state index contributed by atoms with van der Waals surface area (Å²) >= 11 is 0. The van der Waals surface area contributed by atoms with E-state index in [9.17, 15) is 13.2 Å². The van der Waals surface area contributed by atoms with Crippen LogP contribution in [-0.2, 0) is 20.3 Å². The van der Waals surface area contributed by atoms with E-state index in [1.807, 2.05) is 31.2 Å². The first-order valence-electron chi connectivity index (χ1n) is 7.30. The van der Waals surface area contributed by atoms with Gasteiger partial charge in [-0.05, 0) is 39.7 Å². The molecule has 0 aliphatic carbocycles. The second kappa shape index (κ2) is 7.63. The monoisotopic (exact) mass is 327 g/mol. The van der Waals surface area contributed by atoms with Crippen molar-refractivity contribution in [3.8, 4) is 0 Å². The highest BCUT2D eigenvalue weighted by Gasteiger charge is 2.16. The third-order valence-electron chi connectivity index (χ3n) is 2.81. The quantitative estimate of drug-likeness (QED) is 0.816. The summed E-state index contributed by atoms with van der Waals surface area (Å²) in [4.78, 5) is 11.4. The van der Waals surface area contributed by atoms with Gasteiger partial charge in [0.1, 0.15) is 5.60 Å². The van der Waals surface area contributed by atoms with Crippen LogP contribution in [0.25, 0.3) is 0 Å². The van der Waals surface area contributed by atoms with E-state index >= 15 is 0 Å². The number of benzene rings is 1. The van der Waals surface area contributed by atoms with Crippen molar-refractivity contribution >= 4 is 15.9 Å². The second-order valence-corrected chi connectivity index (χ2v) is 8.54. The van der Waals surface area contributed by atoms with E-state index in [1.54, 1.807) is 20.8 Å². The molecule has 22 heavy (non-hydrogen) atoms. The lowest BCUT2D eigenvalue weighted by Crippen LogP contribution is -2.33. The Labute approximate surface area is 133 Å². The molecule has 0 aromatic heterocycles. The number of carbonyl (C=O) groups excluding carboxylic acids is 1. The number of amides is 1. The zero-order chi connectivity index (χ0) is 16.8. The molecule has 0 saturated heterocycles. The molecule has 5 nitrogen and oxygen atoms in total. The molecule has 1 N–H and O–H groups in total. The highest BCUT2D eigenvalue weighted by molar-refractivity contribution is 7.90. The average Bonchev–Trinajstić information content (AvgIpc) is 2.35. The molecule has 124 valence electrons. The number of aryl methyl sites for hydroxylation is 1. The smallest absolute Gasteiger partial charge is 0.407 e. The van der Waals surface area contributed by atoms with Crippen LogP contribution < -0.4 is 5.32 Å². The van der Waals surface area contributed by atoms with Gasteiger partial charge in [0.25, 0.3) is 0 Å². The zero-order valence-electron chi connectivity index (χ0n) is 13.7. The molecule has 0 bridgehead atoms. The largest absolute Gasteiger partial charge is 0.444 e. The topological polar surface area (TPSA) is 72.5 Å². The Morgan fingerprint density at radius 2 is 1.77 bits per heavy atom. The molecule has 1 aromatic carbocycles. The van der Waals surface area contributed by atoms with E-state index in [1.165, 1.54) is 0 Å². The van der Waals surface area contributed by atoms with Gasteiger partial charge in [0.2, 0.25) is 0 Å². The lowest BCUT2D eigenvalue weighted by Gasteiger charge is -2.19. The predicted molar refractivity (Wildman–Crippen MR) is 87.5 cm³/mol. The first-order valence-corrected chi connectivity index (χ1v) is 9.12. The van der Waals surface area contributed by atoms with E-state index in [2.05, 4.69) is 5.32 Å². The fraction of sp³-hybridized carbons (Fsp3) is 0.562. The molecule has 0 heterocycles. The number of carbonyl (C=O) groups is 1. The predicted octanol–water partition coefficient (Wildman–Crippen LogP) is 2.82. The molecular formula is C16H25NO4S. The molecule has 1 rings (SSSR count). The third kappa shape index (κ3) is 8.02. The molecule has 1 amide bonds. The maximum Gasteiger partial charge on any atom is 0.407 e. The van der Waals surface area contributed by atoms with Crippen molar-refractivity contribution in [3.63, 3.8) is 0 Å². The van der Waals surface area contributed by atoms with Gasteiger partial charge in [-0.25, -0.2) is 13.2 Å². The summed E-state index contributed by atoms with van der Waals surface area (Å²) in [5, 5.41) is 2.56. The molecule has 0 spiro atoms. The minimum absolute atomic E-state index is 0.0275. The van der Waals surface area contributed by atoms with Crippen LogP contribution in [0.4, 0.5) is 4.79 Å². The molecule has 0 fully saturated rings. The maximum atomic E-state index is 12.0. The summed E-state index contributed by atoms with van der Waals surface area (Å²) in [5.41, 5.74) is 1.33. The van der Waals surface area contributed by atoms with Crippen molar-refractivity contribution in [1.29, 1.82) is 0 Å². The highest BCUT2D eigenvalue weighted by Crippen LogP contribution is 2.09. The second-order valence-electron chi connectivity index (χ2n) is 6.36. The van der Waals surface area contributed by atoms with Crippen LogP contribution in [0, 0.1) is 6.92 Å². The summed E-state index contributed by atoms with van der Waals surface area (Å²) in [5.74, 6) is 0.0659. The number of hydrogen-bond donors (Lipinski definition) is 1. The zero-order valence-corrected chi connectivity index (χ0v) is 14.5. The molecule has 0 atom stereocenters. The number of hydrogen-bond acceptors (Lipinski definition) is 4. The Hall–Kier alpha value is -1.56. The van der Waals surface area contributed by atoms with Crippen LogP contribution in [0.5, 0.6) is 0 Å². The highest BCUT2D eigenvalue weighted by atomic mass is 32.2. The number of ether oxygens (including phenoxy) is 1. The molecule has 1 aromatic rings. The molecular weight excluding hydrogens is 302 g/mol. The Kier molecular flexibility index (Phi) is 6.41. The van der Waals surface area contributed by atoms with Gasteiger partial charge in [-0.3, -0.25) is 0 Å². The molecule has 0 radical (unpaired) electrons. The van der Waals surface area contributed by atoms with E-state index in [-0.39, 0.29) is 18.1 Å². The third-order valence-corrected chi connectivity index (χ3v) is 4.49. The van der Waals surface area contributed by atoms with Gasteiger partial charge in [0, 0.05) is 6.54 Å². The van der Waals surface area contributed by atoms with Crippen LogP contribution in [0.15, 0.2) is 24.3 Å². The van der Waals surface area contributed by atoms with Crippen LogP contribution >= 0.6 is 0 Å². The van der Waals surface area contributed by atoms with Gasteiger partial charge in [0.05, 0.1) is 11.5 Å². The van der Waals surface area contributed by atoms with Gasteiger partial charge in [-0.2, -0.15) is 0 Å². The minimum Gasteiger partial charge on any atom is -0.444 e. The van der Waals surface area contributed by atoms with Crippen molar-refractivity contribution in [2.24, 2.45) is 0 Å². The lowest BCUT2D eigenvalue weighted by molar-refractivity contribution is 0.0528. The Morgan fingerprint density at radius 3 is 2.32 bits per heavy atom. The minimum atomic E-state index is -3.17. The first-order chi connectivity index (χ1) is 10.1. The summed E-state index contributed by atoms with van der Waals surface area (Å²) in [6.07, 6.45) is -0.156. The summed E-state index contributed by atoms with van der Waals surface area (Å²) in [6.45, 7) is 7.57. The van der Waals surface area contributed by atoms with Crippen LogP contribution in [0.3, 0.4) is 0 Å². The Bertz CT molecular complexity index is 586. The fourth-order valence-electron chi connectivity index (χ4n) is 1.81. The lowest BCUT2D eigenvalue weighted by atomic mass is 10.2.